The molecule has 0 radical (unpaired) electrons. The highest BCUT2D eigenvalue weighted by molar-refractivity contribution is 9.10. The van der Waals surface area contributed by atoms with Gasteiger partial charge in [0.05, 0.1) is 18.3 Å². The van der Waals surface area contributed by atoms with Crippen molar-refractivity contribution < 1.29 is 9.84 Å². The number of aliphatic hydroxyl groups is 1. The third-order valence-electron chi connectivity index (χ3n) is 3.84. The van der Waals surface area contributed by atoms with Gasteiger partial charge in [0.25, 0.3) is 0 Å². The first-order valence-electron chi connectivity index (χ1n) is 6.51. The van der Waals surface area contributed by atoms with Crippen molar-refractivity contribution in [3.8, 4) is 0 Å². The van der Waals surface area contributed by atoms with Gasteiger partial charge in [-0.05, 0) is 37.5 Å². The lowest BCUT2D eigenvalue weighted by Gasteiger charge is -2.34. The molecule has 18 heavy (non-hydrogen) atoms. The fourth-order valence-corrected chi connectivity index (χ4v) is 3.58. The fraction of sp³-hybridized carbons (Fsp3) is 0.571. The van der Waals surface area contributed by atoms with Crippen molar-refractivity contribution in [2.24, 2.45) is 0 Å². The number of anilines is 1. The van der Waals surface area contributed by atoms with Crippen molar-refractivity contribution in [2.45, 2.75) is 38.1 Å². The SMILES string of the molecule is CC(O)c1ccc(N2CC3CCC(C2)O3)cc1Br. The molecule has 0 saturated carbocycles. The Kier molecular flexibility index (Phi) is 3.34. The van der Waals surface area contributed by atoms with Crippen LogP contribution in [0.25, 0.3) is 0 Å². The summed E-state index contributed by atoms with van der Waals surface area (Å²) in [5.41, 5.74) is 2.15. The fourth-order valence-electron chi connectivity index (χ4n) is 2.88. The van der Waals surface area contributed by atoms with Crippen molar-refractivity contribution in [2.75, 3.05) is 18.0 Å². The van der Waals surface area contributed by atoms with E-state index in [0.717, 1.165) is 23.1 Å². The molecule has 0 aromatic heterocycles. The van der Waals surface area contributed by atoms with E-state index >= 15 is 0 Å². The van der Waals surface area contributed by atoms with Gasteiger partial charge in [0, 0.05) is 23.2 Å². The normalized spacial score (nSPS) is 28.5. The largest absolute Gasteiger partial charge is 0.389 e. The molecule has 2 aliphatic heterocycles. The molecule has 2 heterocycles. The van der Waals surface area contributed by atoms with Crippen LogP contribution in [-0.2, 0) is 4.74 Å². The molecule has 4 heteroatoms. The Morgan fingerprint density at radius 3 is 2.56 bits per heavy atom. The van der Waals surface area contributed by atoms with E-state index in [9.17, 15) is 5.11 Å². The van der Waals surface area contributed by atoms with E-state index in [-0.39, 0.29) is 0 Å². The third-order valence-corrected chi connectivity index (χ3v) is 4.53. The van der Waals surface area contributed by atoms with Crippen molar-refractivity contribution in [3.05, 3.63) is 28.2 Å². The molecule has 2 saturated heterocycles. The van der Waals surface area contributed by atoms with Crippen LogP contribution in [0.1, 0.15) is 31.4 Å². The Balaban J connectivity index is 1.82. The van der Waals surface area contributed by atoms with E-state index in [1.807, 2.05) is 6.07 Å². The Hall–Kier alpha value is -0.580. The van der Waals surface area contributed by atoms with Crippen LogP contribution in [0.15, 0.2) is 22.7 Å². The molecule has 2 aliphatic rings. The molecule has 3 nitrogen and oxygen atoms in total. The molecule has 2 bridgehead atoms. The van der Waals surface area contributed by atoms with Gasteiger partial charge in [0.15, 0.2) is 0 Å². The maximum Gasteiger partial charge on any atom is 0.0772 e. The average molecular weight is 312 g/mol. The second-order valence-corrected chi connectivity index (χ2v) is 6.10. The topological polar surface area (TPSA) is 32.7 Å². The third kappa shape index (κ3) is 2.29. The van der Waals surface area contributed by atoms with E-state index in [1.165, 1.54) is 18.5 Å². The number of benzene rings is 1. The predicted octanol–water partition coefficient (Wildman–Crippen LogP) is 2.87. The van der Waals surface area contributed by atoms with Gasteiger partial charge in [-0.1, -0.05) is 22.0 Å². The Labute approximate surface area is 116 Å². The molecule has 3 unspecified atom stereocenters. The lowest BCUT2D eigenvalue weighted by atomic mass is 10.1. The Bertz CT molecular complexity index is 437. The van der Waals surface area contributed by atoms with Gasteiger partial charge in [-0.15, -0.1) is 0 Å². The Morgan fingerprint density at radius 2 is 2.00 bits per heavy atom. The molecule has 0 spiro atoms. The van der Waals surface area contributed by atoms with Gasteiger partial charge in [-0.2, -0.15) is 0 Å². The summed E-state index contributed by atoms with van der Waals surface area (Å²) >= 11 is 3.54. The highest BCUT2D eigenvalue weighted by atomic mass is 79.9. The van der Waals surface area contributed by atoms with Crippen LogP contribution >= 0.6 is 15.9 Å². The minimum Gasteiger partial charge on any atom is -0.389 e. The predicted molar refractivity (Wildman–Crippen MR) is 74.9 cm³/mol. The number of halogens is 1. The monoisotopic (exact) mass is 311 g/mol. The molecular weight excluding hydrogens is 294 g/mol. The molecule has 0 amide bonds. The highest BCUT2D eigenvalue weighted by Gasteiger charge is 2.33. The molecule has 1 aromatic rings. The smallest absolute Gasteiger partial charge is 0.0772 e. The molecular formula is C14H18BrNO2. The summed E-state index contributed by atoms with van der Waals surface area (Å²) in [6, 6.07) is 6.20. The van der Waals surface area contributed by atoms with Gasteiger partial charge in [-0.25, -0.2) is 0 Å². The standard InChI is InChI=1S/C14H18BrNO2/c1-9(17)13-5-2-10(6-14(13)15)16-7-11-3-4-12(8-16)18-11/h2,5-6,9,11-12,17H,3-4,7-8H2,1H3. The molecule has 0 aliphatic carbocycles. The first kappa shape index (κ1) is 12.5. The molecule has 3 rings (SSSR count). The summed E-state index contributed by atoms with van der Waals surface area (Å²) in [7, 11) is 0. The summed E-state index contributed by atoms with van der Waals surface area (Å²) in [4.78, 5) is 2.39. The first-order chi connectivity index (χ1) is 8.63. The van der Waals surface area contributed by atoms with Gasteiger partial charge in [0.2, 0.25) is 0 Å². The summed E-state index contributed by atoms with van der Waals surface area (Å²) in [6.45, 7) is 3.75. The van der Waals surface area contributed by atoms with Gasteiger partial charge in [0.1, 0.15) is 0 Å². The zero-order valence-corrected chi connectivity index (χ0v) is 12.1. The summed E-state index contributed by atoms with van der Waals surface area (Å²) in [5.74, 6) is 0. The summed E-state index contributed by atoms with van der Waals surface area (Å²) in [5, 5.41) is 9.64. The maximum absolute atomic E-state index is 9.64. The number of ether oxygens (including phenoxy) is 1. The number of nitrogens with zero attached hydrogens (tertiary/aromatic N) is 1. The van der Waals surface area contributed by atoms with Gasteiger partial charge in [-0.3, -0.25) is 0 Å². The van der Waals surface area contributed by atoms with Crippen LogP contribution in [0, 0.1) is 0 Å². The van der Waals surface area contributed by atoms with Crippen LogP contribution in [0.3, 0.4) is 0 Å². The minimum absolute atomic E-state index is 0.402. The minimum atomic E-state index is -0.436. The number of hydrogen-bond donors (Lipinski definition) is 1. The number of fused-ring (bicyclic) bond motifs is 2. The van der Waals surface area contributed by atoms with Crippen LogP contribution in [0.4, 0.5) is 5.69 Å². The highest BCUT2D eigenvalue weighted by Crippen LogP contribution is 2.33. The lowest BCUT2D eigenvalue weighted by Crippen LogP contribution is -2.42. The molecule has 1 aromatic carbocycles. The average Bonchev–Trinajstić information content (AvgIpc) is 2.67. The van der Waals surface area contributed by atoms with Crippen LogP contribution in [-0.4, -0.2) is 30.4 Å². The van der Waals surface area contributed by atoms with E-state index in [4.69, 9.17) is 4.74 Å². The van der Waals surface area contributed by atoms with Crippen molar-refractivity contribution in [3.63, 3.8) is 0 Å². The molecule has 98 valence electrons. The molecule has 1 N–H and O–H groups in total. The van der Waals surface area contributed by atoms with Gasteiger partial charge >= 0.3 is 0 Å². The number of rotatable bonds is 2. The maximum atomic E-state index is 9.64. The molecule has 2 fully saturated rings. The van der Waals surface area contributed by atoms with Crippen molar-refractivity contribution in [1.29, 1.82) is 0 Å². The van der Waals surface area contributed by atoms with Gasteiger partial charge < -0.3 is 14.7 Å². The van der Waals surface area contributed by atoms with E-state index in [0.29, 0.717) is 12.2 Å². The first-order valence-corrected chi connectivity index (χ1v) is 7.30. The van der Waals surface area contributed by atoms with E-state index in [2.05, 4.69) is 33.0 Å². The quantitative estimate of drug-likeness (QED) is 0.911. The second kappa shape index (κ2) is 4.83. The lowest BCUT2D eigenvalue weighted by molar-refractivity contribution is 0.0305. The summed E-state index contributed by atoms with van der Waals surface area (Å²) in [6.07, 6.45) is 2.74. The van der Waals surface area contributed by atoms with E-state index < -0.39 is 6.10 Å². The summed E-state index contributed by atoms with van der Waals surface area (Å²) < 4.78 is 6.83. The van der Waals surface area contributed by atoms with E-state index in [1.54, 1.807) is 6.92 Å². The van der Waals surface area contributed by atoms with Crippen LogP contribution in [0.5, 0.6) is 0 Å². The van der Waals surface area contributed by atoms with Crippen LogP contribution < -0.4 is 4.90 Å². The van der Waals surface area contributed by atoms with Crippen LogP contribution in [0.2, 0.25) is 0 Å². The number of hydrogen-bond acceptors (Lipinski definition) is 3. The van der Waals surface area contributed by atoms with Crippen molar-refractivity contribution in [1.82, 2.24) is 0 Å². The Morgan fingerprint density at radius 1 is 1.33 bits per heavy atom. The number of morpholine rings is 1. The molecule has 3 atom stereocenters. The zero-order chi connectivity index (χ0) is 12.7. The zero-order valence-electron chi connectivity index (χ0n) is 10.5. The number of aliphatic hydroxyl groups excluding tert-OH is 1. The second-order valence-electron chi connectivity index (χ2n) is 5.24. The van der Waals surface area contributed by atoms with Crippen molar-refractivity contribution >= 4 is 21.6 Å².